The lowest BCUT2D eigenvalue weighted by Gasteiger charge is -2.44. The minimum Gasteiger partial charge on any atom is -0.340 e. The number of hydrogen-bond donors (Lipinski definition) is 1. The zero-order chi connectivity index (χ0) is 14.5. The fourth-order valence-electron chi connectivity index (χ4n) is 2.60. The average molecular weight is 268 g/mol. The summed E-state index contributed by atoms with van der Waals surface area (Å²) in [6, 6.07) is -0.269. The molecule has 1 aliphatic rings. The third kappa shape index (κ3) is 3.48. The summed E-state index contributed by atoms with van der Waals surface area (Å²) in [7, 11) is 0. The van der Waals surface area contributed by atoms with Gasteiger partial charge in [-0.05, 0) is 26.2 Å². The summed E-state index contributed by atoms with van der Waals surface area (Å²) >= 11 is 0. The van der Waals surface area contributed by atoms with Crippen molar-refractivity contribution >= 4 is 11.8 Å². The normalized spacial score (nSPS) is 27.6. The van der Waals surface area contributed by atoms with Crippen LogP contribution in [-0.2, 0) is 9.59 Å². The number of carbonyl (C=O) groups is 2. The summed E-state index contributed by atoms with van der Waals surface area (Å²) in [5.74, 6) is 0.103. The summed E-state index contributed by atoms with van der Waals surface area (Å²) in [4.78, 5) is 26.7. The van der Waals surface area contributed by atoms with Crippen LogP contribution in [0.2, 0.25) is 0 Å². The van der Waals surface area contributed by atoms with E-state index in [2.05, 4.69) is 19.2 Å². The van der Waals surface area contributed by atoms with Gasteiger partial charge in [0, 0.05) is 6.54 Å². The Morgan fingerprint density at radius 2 is 1.84 bits per heavy atom. The van der Waals surface area contributed by atoms with Gasteiger partial charge in [0.25, 0.3) is 0 Å². The van der Waals surface area contributed by atoms with E-state index in [-0.39, 0.29) is 17.9 Å². The number of carbonyl (C=O) groups excluding carboxylic acids is 2. The standard InChI is InChI=1S/C15H28N2O2/c1-5-8-9-11-17-12(10-6-2)13(18)16-15(4,7-3)14(17)19/h12H,5-11H2,1-4H3,(H,16,18). The SMILES string of the molecule is CCCCCN1C(=O)C(C)(CC)NC(=O)C1CCC. The Labute approximate surface area is 116 Å². The minimum atomic E-state index is -0.715. The molecule has 1 N–H and O–H groups in total. The second-order valence-corrected chi connectivity index (χ2v) is 5.69. The van der Waals surface area contributed by atoms with Crippen molar-refractivity contribution in [2.75, 3.05) is 6.54 Å². The highest BCUT2D eigenvalue weighted by molar-refractivity contribution is 5.99. The largest absolute Gasteiger partial charge is 0.340 e. The van der Waals surface area contributed by atoms with Gasteiger partial charge in [-0.1, -0.05) is 40.0 Å². The van der Waals surface area contributed by atoms with E-state index in [1.807, 2.05) is 18.7 Å². The van der Waals surface area contributed by atoms with Crippen LogP contribution in [0.25, 0.3) is 0 Å². The second kappa shape index (κ2) is 6.92. The number of nitrogens with one attached hydrogen (secondary N) is 1. The molecule has 0 aliphatic carbocycles. The van der Waals surface area contributed by atoms with Crippen molar-refractivity contribution in [2.45, 2.75) is 77.8 Å². The monoisotopic (exact) mass is 268 g/mol. The van der Waals surface area contributed by atoms with Gasteiger partial charge in [-0.25, -0.2) is 0 Å². The average Bonchev–Trinajstić information content (AvgIpc) is 2.39. The molecule has 2 unspecified atom stereocenters. The maximum atomic E-state index is 12.6. The molecule has 0 bridgehead atoms. The lowest BCUT2D eigenvalue weighted by atomic mass is 9.90. The van der Waals surface area contributed by atoms with Crippen molar-refractivity contribution in [3.8, 4) is 0 Å². The zero-order valence-corrected chi connectivity index (χ0v) is 12.8. The van der Waals surface area contributed by atoms with E-state index in [1.165, 1.54) is 0 Å². The van der Waals surface area contributed by atoms with Crippen molar-refractivity contribution < 1.29 is 9.59 Å². The molecule has 0 aromatic carbocycles. The number of amides is 2. The van der Waals surface area contributed by atoms with Crippen LogP contribution < -0.4 is 5.32 Å². The third-order valence-electron chi connectivity index (χ3n) is 4.08. The van der Waals surface area contributed by atoms with Crippen LogP contribution in [0.15, 0.2) is 0 Å². The fraction of sp³-hybridized carbons (Fsp3) is 0.867. The molecule has 1 aliphatic heterocycles. The first-order chi connectivity index (χ1) is 9.00. The predicted molar refractivity (Wildman–Crippen MR) is 76.8 cm³/mol. The van der Waals surface area contributed by atoms with E-state index in [0.717, 1.165) is 32.1 Å². The highest BCUT2D eigenvalue weighted by atomic mass is 16.2. The molecule has 19 heavy (non-hydrogen) atoms. The van der Waals surface area contributed by atoms with Gasteiger partial charge in [0.2, 0.25) is 11.8 Å². The van der Waals surface area contributed by atoms with Gasteiger partial charge in [-0.3, -0.25) is 9.59 Å². The van der Waals surface area contributed by atoms with E-state index in [1.54, 1.807) is 0 Å². The van der Waals surface area contributed by atoms with Crippen LogP contribution in [0.5, 0.6) is 0 Å². The Bertz CT molecular complexity index is 330. The summed E-state index contributed by atoms with van der Waals surface area (Å²) in [5.41, 5.74) is -0.715. The molecule has 0 radical (unpaired) electrons. The molecule has 2 amide bonds. The Morgan fingerprint density at radius 1 is 1.16 bits per heavy atom. The van der Waals surface area contributed by atoms with Crippen molar-refractivity contribution in [3.05, 3.63) is 0 Å². The Balaban J connectivity index is 2.87. The van der Waals surface area contributed by atoms with Gasteiger partial charge in [-0.2, -0.15) is 0 Å². The maximum absolute atomic E-state index is 12.6. The van der Waals surface area contributed by atoms with Crippen LogP contribution in [-0.4, -0.2) is 34.8 Å². The Kier molecular flexibility index (Phi) is 5.83. The molecule has 0 saturated carbocycles. The van der Waals surface area contributed by atoms with Gasteiger partial charge in [-0.15, -0.1) is 0 Å². The molecule has 0 spiro atoms. The molecule has 0 aromatic rings. The van der Waals surface area contributed by atoms with Crippen LogP contribution in [0.1, 0.15) is 66.2 Å². The molecule has 0 aromatic heterocycles. The molecule has 1 heterocycles. The van der Waals surface area contributed by atoms with E-state index in [0.29, 0.717) is 13.0 Å². The molecule has 1 fully saturated rings. The van der Waals surface area contributed by atoms with Gasteiger partial charge in [0.05, 0.1) is 0 Å². The lowest BCUT2D eigenvalue weighted by molar-refractivity contribution is -0.154. The highest BCUT2D eigenvalue weighted by Gasteiger charge is 2.46. The summed E-state index contributed by atoms with van der Waals surface area (Å²) in [6.45, 7) is 8.69. The topological polar surface area (TPSA) is 49.4 Å². The molecule has 1 rings (SSSR count). The number of unbranched alkanes of at least 4 members (excludes halogenated alkanes) is 2. The summed E-state index contributed by atoms with van der Waals surface area (Å²) in [5, 5.41) is 2.92. The number of piperazine rings is 1. The van der Waals surface area contributed by atoms with E-state index < -0.39 is 5.54 Å². The van der Waals surface area contributed by atoms with Crippen LogP contribution in [0, 0.1) is 0 Å². The lowest BCUT2D eigenvalue weighted by Crippen LogP contribution is -2.69. The van der Waals surface area contributed by atoms with E-state index in [9.17, 15) is 9.59 Å². The number of hydrogen-bond acceptors (Lipinski definition) is 2. The second-order valence-electron chi connectivity index (χ2n) is 5.69. The predicted octanol–water partition coefficient (Wildman–Crippen LogP) is 2.47. The van der Waals surface area contributed by atoms with Gasteiger partial charge < -0.3 is 10.2 Å². The first-order valence-corrected chi connectivity index (χ1v) is 7.63. The first kappa shape index (κ1) is 16.0. The molecule has 110 valence electrons. The Hall–Kier alpha value is -1.06. The summed E-state index contributed by atoms with van der Waals surface area (Å²) in [6.07, 6.45) is 5.52. The Morgan fingerprint density at radius 3 is 2.37 bits per heavy atom. The van der Waals surface area contributed by atoms with Crippen LogP contribution in [0.3, 0.4) is 0 Å². The van der Waals surface area contributed by atoms with Crippen molar-refractivity contribution in [3.63, 3.8) is 0 Å². The van der Waals surface area contributed by atoms with Gasteiger partial charge in [0.15, 0.2) is 0 Å². The van der Waals surface area contributed by atoms with E-state index >= 15 is 0 Å². The van der Waals surface area contributed by atoms with Crippen molar-refractivity contribution in [2.24, 2.45) is 0 Å². The molecule has 2 atom stereocenters. The maximum Gasteiger partial charge on any atom is 0.248 e. The van der Waals surface area contributed by atoms with Gasteiger partial charge >= 0.3 is 0 Å². The fourth-order valence-corrected chi connectivity index (χ4v) is 2.60. The van der Waals surface area contributed by atoms with Gasteiger partial charge in [0.1, 0.15) is 11.6 Å². The molecular weight excluding hydrogens is 240 g/mol. The molecule has 4 heteroatoms. The van der Waals surface area contributed by atoms with Crippen molar-refractivity contribution in [1.29, 1.82) is 0 Å². The van der Waals surface area contributed by atoms with Crippen molar-refractivity contribution in [1.82, 2.24) is 10.2 Å². The minimum absolute atomic E-state index is 0.0160. The first-order valence-electron chi connectivity index (χ1n) is 7.63. The van der Waals surface area contributed by atoms with E-state index in [4.69, 9.17) is 0 Å². The zero-order valence-electron chi connectivity index (χ0n) is 12.8. The molecule has 4 nitrogen and oxygen atoms in total. The third-order valence-corrected chi connectivity index (χ3v) is 4.08. The quantitative estimate of drug-likeness (QED) is 0.721. The molecular formula is C15H28N2O2. The highest BCUT2D eigenvalue weighted by Crippen LogP contribution is 2.24. The number of nitrogens with zero attached hydrogens (tertiary/aromatic N) is 1. The summed E-state index contributed by atoms with van der Waals surface area (Å²) < 4.78 is 0. The molecule has 1 saturated heterocycles. The smallest absolute Gasteiger partial charge is 0.248 e. The van der Waals surface area contributed by atoms with Crippen LogP contribution >= 0.6 is 0 Å². The number of rotatable bonds is 7. The van der Waals surface area contributed by atoms with Crippen LogP contribution in [0.4, 0.5) is 0 Å².